The number of benzene rings is 2. The van der Waals surface area contributed by atoms with E-state index in [4.69, 9.17) is 4.74 Å². The Kier molecular flexibility index (Phi) is 9.79. The quantitative estimate of drug-likeness (QED) is 0.204. The summed E-state index contributed by atoms with van der Waals surface area (Å²) in [6, 6.07) is 12.2. The van der Waals surface area contributed by atoms with Crippen molar-refractivity contribution in [2.24, 2.45) is 0 Å². The molecule has 0 saturated carbocycles. The lowest BCUT2D eigenvalue weighted by atomic mass is 10.1. The summed E-state index contributed by atoms with van der Waals surface area (Å²) in [5, 5.41) is 10.6. The van der Waals surface area contributed by atoms with E-state index in [0.29, 0.717) is 21.7 Å². The maximum absolute atomic E-state index is 14.9. The molecule has 0 bridgehead atoms. The molecule has 0 aliphatic carbocycles. The number of urea groups is 1. The molecule has 0 spiro atoms. The Labute approximate surface area is 263 Å². The number of ether oxygens (including phenoxy) is 1. The highest BCUT2D eigenvalue weighted by Gasteiger charge is 2.26. The van der Waals surface area contributed by atoms with Crippen molar-refractivity contribution in [2.45, 2.75) is 13.1 Å². The fourth-order valence-corrected chi connectivity index (χ4v) is 6.06. The van der Waals surface area contributed by atoms with Crippen LogP contribution < -0.4 is 26.8 Å². The molecule has 0 atom stereocenters. The zero-order chi connectivity index (χ0) is 33.0. The fraction of sp³-hybridized carbons (Fsp3) is 0.233. The molecule has 0 aliphatic rings. The number of hydrogen-bond acceptors (Lipinski definition) is 9. The van der Waals surface area contributed by atoms with Gasteiger partial charge >= 0.3 is 11.7 Å². The van der Waals surface area contributed by atoms with Crippen molar-refractivity contribution in [3.63, 3.8) is 0 Å². The first kappa shape index (κ1) is 32.3. The number of nitrogens with one attached hydrogen (secondary N) is 2. The van der Waals surface area contributed by atoms with Crippen molar-refractivity contribution < 1.29 is 27.5 Å². The van der Waals surface area contributed by atoms with E-state index >= 15 is 0 Å². The SMILES string of the molecule is CONC(=O)Nc1ccc(-c2sc3c(c2CN(C)C)c(=O)n(-c2ccc(OCCF)nn2)c(=O)n3Cc2c(F)cccc2F)cc1. The van der Waals surface area contributed by atoms with Gasteiger partial charge in [0.15, 0.2) is 5.82 Å². The second-order valence-electron chi connectivity index (χ2n) is 10.1. The lowest BCUT2D eigenvalue weighted by molar-refractivity contribution is 0.114. The van der Waals surface area contributed by atoms with Crippen LogP contribution in [0.2, 0.25) is 0 Å². The highest BCUT2D eigenvalue weighted by molar-refractivity contribution is 7.22. The number of aromatic nitrogens is 4. The summed E-state index contributed by atoms with van der Waals surface area (Å²) in [7, 11) is 4.91. The predicted octanol–water partition coefficient (Wildman–Crippen LogP) is 4.09. The number of carbonyl (C=O) groups is 1. The zero-order valence-corrected chi connectivity index (χ0v) is 25.7. The van der Waals surface area contributed by atoms with Gasteiger partial charge in [0, 0.05) is 28.7 Å². The summed E-state index contributed by atoms with van der Waals surface area (Å²) in [6.45, 7) is -1.29. The average Bonchev–Trinajstić information content (AvgIpc) is 3.39. The molecule has 5 rings (SSSR count). The number of hydrogen-bond donors (Lipinski definition) is 2. The number of halogens is 3. The van der Waals surface area contributed by atoms with Crippen molar-refractivity contribution in [3.05, 3.63) is 98.2 Å². The van der Waals surface area contributed by atoms with Crippen LogP contribution in [0, 0.1) is 11.6 Å². The Bertz CT molecular complexity index is 1970. The monoisotopic (exact) mass is 655 g/mol. The number of thiophene rings is 1. The second-order valence-corrected chi connectivity index (χ2v) is 11.1. The summed E-state index contributed by atoms with van der Waals surface area (Å²) < 4.78 is 49.4. The number of carbonyl (C=O) groups excluding carboxylic acids is 1. The minimum absolute atomic E-state index is 0.0203. The van der Waals surface area contributed by atoms with E-state index in [2.05, 4.69) is 25.8 Å². The van der Waals surface area contributed by atoms with Crippen molar-refractivity contribution in [3.8, 4) is 22.1 Å². The number of hydroxylamine groups is 1. The van der Waals surface area contributed by atoms with Gasteiger partial charge in [-0.2, -0.15) is 0 Å². The third-order valence-corrected chi connectivity index (χ3v) is 8.01. The number of alkyl halides is 1. The van der Waals surface area contributed by atoms with Gasteiger partial charge in [-0.25, -0.2) is 32.8 Å². The maximum atomic E-state index is 14.9. The molecule has 0 fully saturated rings. The summed E-state index contributed by atoms with van der Waals surface area (Å²) in [5.41, 5.74) is 1.84. The van der Waals surface area contributed by atoms with E-state index in [-0.39, 0.29) is 40.6 Å². The standard InChI is InChI=1S/C30H28F3N7O5S/c1-38(2)15-20-25-27(41)40(23-11-12-24(36-35-23)45-14-13-31)30(43)39(16-19-21(32)5-4-6-22(19)33)28(25)46-26(20)17-7-9-18(10-8-17)34-29(42)37-44-3/h4-12H,13-16H2,1-3H3,(H2,34,37,42). The Morgan fingerprint density at radius 2 is 1.72 bits per heavy atom. The van der Waals surface area contributed by atoms with E-state index in [1.54, 1.807) is 38.4 Å². The van der Waals surface area contributed by atoms with E-state index in [9.17, 15) is 27.6 Å². The van der Waals surface area contributed by atoms with Gasteiger partial charge in [-0.15, -0.1) is 21.5 Å². The van der Waals surface area contributed by atoms with Gasteiger partial charge in [-0.1, -0.05) is 18.2 Å². The number of fused-ring (bicyclic) bond motifs is 1. The first-order valence-electron chi connectivity index (χ1n) is 13.7. The van der Waals surface area contributed by atoms with Crippen molar-refractivity contribution in [1.29, 1.82) is 0 Å². The Balaban J connectivity index is 1.76. The van der Waals surface area contributed by atoms with Gasteiger partial charge in [0.05, 0.1) is 19.0 Å². The Morgan fingerprint density at radius 3 is 2.33 bits per heavy atom. The first-order valence-corrected chi connectivity index (χ1v) is 14.6. The summed E-state index contributed by atoms with van der Waals surface area (Å²) in [5.74, 6) is -1.91. The number of rotatable bonds is 11. The molecule has 46 heavy (non-hydrogen) atoms. The van der Waals surface area contributed by atoms with Crippen molar-refractivity contribution in [2.75, 3.05) is 39.8 Å². The van der Waals surface area contributed by atoms with Crippen molar-refractivity contribution >= 4 is 33.3 Å². The highest BCUT2D eigenvalue weighted by atomic mass is 32.1. The third kappa shape index (κ3) is 6.63. The molecule has 2 aromatic carbocycles. The van der Waals surface area contributed by atoms with Crippen LogP contribution in [0.4, 0.5) is 23.7 Å². The molecule has 12 nitrogen and oxygen atoms in total. The summed E-state index contributed by atoms with van der Waals surface area (Å²) in [4.78, 5) is 47.4. The number of amides is 2. The van der Waals surface area contributed by atoms with Gasteiger partial charge < -0.3 is 15.0 Å². The van der Waals surface area contributed by atoms with Crippen LogP contribution in [-0.2, 0) is 17.9 Å². The van der Waals surface area contributed by atoms with Crippen LogP contribution >= 0.6 is 11.3 Å². The molecule has 0 aliphatic heterocycles. The molecule has 16 heteroatoms. The van der Waals surface area contributed by atoms with Gasteiger partial charge in [0.25, 0.3) is 5.56 Å². The van der Waals surface area contributed by atoms with Crippen LogP contribution in [0.5, 0.6) is 5.88 Å². The molecule has 2 amide bonds. The molecular formula is C30H28F3N7O5S. The minimum Gasteiger partial charge on any atom is -0.474 e. The van der Waals surface area contributed by atoms with Gasteiger partial charge in [-0.3, -0.25) is 14.2 Å². The number of anilines is 1. The number of nitrogens with zero attached hydrogens (tertiary/aromatic N) is 5. The highest BCUT2D eigenvalue weighted by Crippen LogP contribution is 2.38. The molecular weight excluding hydrogens is 627 g/mol. The summed E-state index contributed by atoms with van der Waals surface area (Å²) >= 11 is 1.12. The molecule has 0 saturated heterocycles. The third-order valence-electron chi connectivity index (χ3n) is 6.71. The van der Waals surface area contributed by atoms with Crippen LogP contribution in [0.25, 0.3) is 26.5 Å². The van der Waals surface area contributed by atoms with Gasteiger partial charge in [0.1, 0.15) is 29.7 Å². The Morgan fingerprint density at radius 1 is 1.00 bits per heavy atom. The molecule has 0 radical (unpaired) electrons. The maximum Gasteiger partial charge on any atom is 0.343 e. The second kappa shape index (κ2) is 13.9. The smallest absolute Gasteiger partial charge is 0.343 e. The minimum atomic E-state index is -0.903. The topological polar surface area (TPSA) is 133 Å². The van der Waals surface area contributed by atoms with E-state index in [1.165, 1.54) is 25.3 Å². The van der Waals surface area contributed by atoms with Crippen LogP contribution in [0.15, 0.2) is 64.2 Å². The van der Waals surface area contributed by atoms with E-state index in [0.717, 1.165) is 32.6 Å². The van der Waals surface area contributed by atoms with E-state index < -0.39 is 42.1 Å². The van der Waals surface area contributed by atoms with Gasteiger partial charge in [-0.05, 0) is 55.6 Å². The molecule has 0 unspecified atom stereocenters. The predicted molar refractivity (Wildman–Crippen MR) is 166 cm³/mol. The lowest BCUT2D eigenvalue weighted by Gasteiger charge is -2.14. The van der Waals surface area contributed by atoms with Crippen LogP contribution in [0.1, 0.15) is 11.1 Å². The lowest BCUT2D eigenvalue weighted by Crippen LogP contribution is -2.39. The Hall–Kier alpha value is -5.06. The summed E-state index contributed by atoms with van der Waals surface area (Å²) in [6.07, 6.45) is 0. The van der Waals surface area contributed by atoms with Gasteiger partial charge in [0.2, 0.25) is 5.88 Å². The van der Waals surface area contributed by atoms with Crippen LogP contribution in [-0.4, -0.2) is 64.7 Å². The van der Waals surface area contributed by atoms with Crippen molar-refractivity contribution in [1.82, 2.24) is 29.7 Å². The van der Waals surface area contributed by atoms with Crippen LogP contribution in [0.3, 0.4) is 0 Å². The molecule has 2 N–H and O–H groups in total. The molecule has 3 aromatic heterocycles. The normalized spacial score (nSPS) is 11.3. The largest absolute Gasteiger partial charge is 0.474 e. The van der Waals surface area contributed by atoms with E-state index in [1.807, 2.05) is 4.90 Å². The molecule has 240 valence electrons. The first-order chi connectivity index (χ1) is 22.1. The fourth-order valence-electron chi connectivity index (χ4n) is 4.76. The average molecular weight is 656 g/mol. The molecule has 3 heterocycles. The molecule has 5 aromatic rings. The zero-order valence-electron chi connectivity index (χ0n) is 24.8.